The van der Waals surface area contributed by atoms with Gasteiger partial charge < -0.3 is 19.5 Å². The number of benzene rings is 1. The first-order valence-corrected chi connectivity index (χ1v) is 11.3. The van der Waals surface area contributed by atoms with Gasteiger partial charge in [-0.05, 0) is 55.9 Å². The standard InChI is InChI=1S/C25H27N5O2/c1-28-21-9-8-18(15-26)27-25(21)22(14-24(28)32)29-12-10-19(11-13-29)30(16-17-6-7-17)20-4-2-3-5-23(20)31/h2-5,8-9,14,17,19,31H,6-7,10-13,16H2,1H3. The summed E-state index contributed by atoms with van der Waals surface area (Å²) in [5, 5.41) is 19.8. The van der Waals surface area contributed by atoms with Crippen molar-refractivity contribution in [2.24, 2.45) is 13.0 Å². The predicted octanol–water partition coefficient (Wildman–Crippen LogP) is 3.40. The molecule has 1 aromatic carbocycles. The lowest BCUT2D eigenvalue weighted by atomic mass is 10.0. The van der Waals surface area contributed by atoms with Gasteiger partial charge in [-0.1, -0.05) is 12.1 Å². The number of aromatic nitrogens is 2. The number of rotatable bonds is 5. The van der Waals surface area contributed by atoms with Crippen LogP contribution in [0, 0.1) is 17.2 Å². The van der Waals surface area contributed by atoms with Gasteiger partial charge in [-0.3, -0.25) is 4.79 Å². The molecule has 1 saturated heterocycles. The van der Waals surface area contributed by atoms with Gasteiger partial charge in [0, 0.05) is 38.8 Å². The van der Waals surface area contributed by atoms with Crippen molar-refractivity contribution in [1.29, 1.82) is 5.26 Å². The molecule has 32 heavy (non-hydrogen) atoms. The number of aryl methyl sites for hydroxylation is 1. The molecule has 0 amide bonds. The van der Waals surface area contributed by atoms with Crippen LogP contribution >= 0.6 is 0 Å². The zero-order chi connectivity index (χ0) is 22.2. The first-order chi connectivity index (χ1) is 15.5. The Morgan fingerprint density at radius 3 is 2.59 bits per heavy atom. The van der Waals surface area contributed by atoms with E-state index in [4.69, 9.17) is 0 Å². The summed E-state index contributed by atoms with van der Waals surface area (Å²) in [5.74, 6) is 1.05. The van der Waals surface area contributed by atoms with Crippen molar-refractivity contribution < 1.29 is 5.11 Å². The van der Waals surface area contributed by atoms with Crippen molar-refractivity contribution in [2.75, 3.05) is 29.4 Å². The Balaban J connectivity index is 1.42. The number of piperidine rings is 1. The van der Waals surface area contributed by atoms with Crippen molar-refractivity contribution >= 4 is 22.4 Å². The number of fused-ring (bicyclic) bond motifs is 1. The van der Waals surface area contributed by atoms with Crippen LogP contribution in [0.1, 0.15) is 31.4 Å². The summed E-state index contributed by atoms with van der Waals surface area (Å²) in [5.41, 5.74) is 3.42. The molecule has 1 saturated carbocycles. The second-order valence-electron chi connectivity index (χ2n) is 8.91. The van der Waals surface area contributed by atoms with Gasteiger partial charge in [-0.2, -0.15) is 5.26 Å². The number of phenols is 1. The molecule has 1 aliphatic heterocycles. The minimum Gasteiger partial charge on any atom is -0.506 e. The van der Waals surface area contributed by atoms with Gasteiger partial charge in [0.1, 0.15) is 23.0 Å². The van der Waals surface area contributed by atoms with Gasteiger partial charge in [0.15, 0.2) is 0 Å². The molecule has 0 unspecified atom stereocenters. The Kier molecular flexibility index (Phi) is 5.22. The van der Waals surface area contributed by atoms with Crippen LogP contribution in [0.5, 0.6) is 5.75 Å². The number of phenolic OH excluding ortho intramolecular Hbond substituents is 1. The maximum absolute atomic E-state index is 12.6. The molecule has 2 aromatic heterocycles. The summed E-state index contributed by atoms with van der Waals surface area (Å²) < 4.78 is 1.58. The number of nitrogens with zero attached hydrogens (tertiary/aromatic N) is 5. The quantitative estimate of drug-likeness (QED) is 0.669. The van der Waals surface area contributed by atoms with Crippen LogP contribution in [0.4, 0.5) is 11.4 Å². The molecule has 1 aliphatic carbocycles. The number of aromatic hydroxyl groups is 1. The van der Waals surface area contributed by atoms with E-state index in [1.807, 2.05) is 18.2 Å². The van der Waals surface area contributed by atoms with Gasteiger partial charge >= 0.3 is 0 Å². The second-order valence-corrected chi connectivity index (χ2v) is 8.91. The minimum absolute atomic E-state index is 0.0781. The summed E-state index contributed by atoms with van der Waals surface area (Å²) in [4.78, 5) is 21.7. The van der Waals surface area contributed by atoms with Gasteiger partial charge in [-0.25, -0.2) is 4.98 Å². The first kappa shape index (κ1) is 20.4. The molecule has 7 nitrogen and oxygen atoms in total. The SMILES string of the molecule is Cn1c(=O)cc(N2CCC(N(CC3CC3)c3ccccc3O)CC2)c2nc(C#N)ccc21. The Hall–Kier alpha value is -3.53. The Morgan fingerprint density at radius 1 is 1.16 bits per heavy atom. The third kappa shape index (κ3) is 3.77. The maximum atomic E-state index is 12.6. The average Bonchev–Trinajstić information content (AvgIpc) is 3.64. The van der Waals surface area contributed by atoms with E-state index < -0.39 is 0 Å². The highest BCUT2D eigenvalue weighted by Gasteiger charge is 2.32. The zero-order valence-corrected chi connectivity index (χ0v) is 18.2. The second kappa shape index (κ2) is 8.19. The smallest absolute Gasteiger partial charge is 0.252 e. The average molecular weight is 430 g/mol. The molecule has 5 rings (SSSR count). The lowest BCUT2D eigenvalue weighted by molar-refractivity contribution is 0.440. The van der Waals surface area contributed by atoms with E-state index in [1.54, 1.807) is 35.9 Å². The Labute approximate surface area is 187 Å². The van der Waals surface area contributed by atoms with Crippen molar-refractivity contribution in [1.82, 2.24) is 9.55 Å². The van der Waals surface area contributed by atoms with Gasteiger partial charge in [0.25, 0.3) is 5.56 Å². The molecule has 2 fully saturated rings. The summed E-state index contributed by atoms with van der Waals surface area (Å²) in [6.07, 6.45) is 4.37. The number of anilines is 2. The van der Waals surface area contributed by atoms with Crippen molar-refractivity contribution in [3.05, 3.63) is 58.5 Å². The van der Waals surface area contributed by atoms with Crippen LogP contribution in [0.25, 0.3) is 11.0 Å². The molecule has 0 spiro atoms. The Bertz CT molecular complexity index is 1250. The number of para-hydroxylation sites is 2. The van der Waals surface area contributed by atoms with Gasteiger partial charge in [0.2, 0.25) is 0 Å². The van der Waals surface area contributed by atoms with Crippen molar-refractivity contribution in [3.8, 4) is 11.8 Å². The van der Waals surface area contributed by atoms with E-state index >= 15 is 0 Å². The summed E-state index contributed by atoms with van der Waals surface area (Å²) in [6, 6.07) is 15.1. The lowest BCUT2D eigenvalue weighted by Gasteiger charge is -2.41. The molecular weight excluding hydrogens is 402 g/mol. The molecule has 1 N–H and O–H groups in total. The number of pyridine rings is 2. The summed E-state index contributed by atoms with van der Waals surface area (Å²) in [6.45, 7) is 2.56. The fourth-order valence-electron chi connectivity index (χ4n) is 4.76. The molecule has 0 atom stereocenters. The predicted molar refractivity (Wildman–Crippen MR) is 125 cm³/mol. The number of nitriles is 1. The molecule has 0 radical (unpaired) electrons. The van der Waals surface area contributed by atoms with E-state index in [2.05, 4.69) is 20.9 Å². The zero-order valence-electron chi connectivity index (χ0n) is 18.2. The molecule has 7 heteroatoms. The molecular formula is C25H27N5O2. The molecule has 0 bridgehead atoms. The van der Waals surface area contributed by atoms with Crippen molar-refractivity contribution in [3.63, 3.8) is 0 Å². The van der Waals surface area contributed by atoms with Crippen LogP contribution < -0.4 is 15.4 Å². The third-order valence-corrected chi connectivity index (χ3v) is 6.77. The highest BCUT2D eigenvalue weighted by molar-refractivity contribution is 5.88. The fraction of sp³-hybridized carbons (Fsp3) is 0.400. The largest absolute Gasteiger partial charge is 0.506 e. The minimum atomic E-state index is -0.0781. The molecule has 164 valence electrons. The van der Waals surface area contributed by atoms with Crippen molar-refractivity contribution in [2.45, 2.75) is 31.7 Å². The maximum Gasteiger partial charge on any atom is 0.252 e. The van der Waals surface area contributed by atoms with Gasteiger partial charge in [0.05, 0.1) is 16.9 Å². The Morgan fingerprint density at radius 2 is 1.91 bits per heavy atom. The van der Waals surface area contributed by atoms with E-state index in [1.165, 1.54) is 12.8 Å². The topological polar surface area (TPSA) is 85.4 Å². The van der Waals surface area contributed by atoms with Crippen LogP contribution in [0.3, 0.4) is 0 Å². The third-order valence-electron chi connectivity index (χ3n) is 6.77. The monoisotopic (exact) mass is 429 g/mol. The number of hydrogen-bond acceptors (Lipinski definition) is 6. The van der Waals surface area contributed by atoms with Crippen LogP contribution in [0.2, 0.25) is 0 Å². The fourth-order valence-corrected chi connectivity index (χ4v) is 4.76. The van der Waals surface area contributed by atoms with Gasteiger partial charge in [-0.15, -0.1) is 0 Å². The molecule has 3 aromatic rings. The highest BCUT2D eigenvalue weighted by atomic mass is 16.3. The van der Waals surface area contributed by atoms with Crippen LogP contribution in [-0.2, 0) is 7.05 Å². The summed E-state index contributed by atoms with van der Waals surface area (Å²) >= 11 is 0. The highest BCUT2D eigenvalue weighted by Crippen LogP contribution is 2.38. The summed E-state index contributed by atoms with van der Waals surface area (Å²) in [7, 11) is 1.73. The molecule has 2 aliphatic rings. The van der Waals surface area contributed by atoms with E-state index in [0.717, 1.165) is 49.4 Å². The molecule has 3 heterocycles. The first-order valence-electron chi connectivity index (χ1n) is 11.3. The normalized spacial score (nSPS) is 16.8. The number of hydrogen-bond donors (Lipinski definition) is 1. The van der Waals surface area contributed by atoms with E-state index in [0.29, 0.717) is 28.9 Å². The lowest BCUT2D eigenvalue weighted by Crippen LogP contribution is -2.46. The van der Waals surface area contributed by atoms with Crippen LogP contribution in [0.15, 0.2) is 47.3 Å². The van der Waals surface area contributed by atoms with E-state index in [-0.39, 0.29) is 5.56 Å². The van der Waals surface area contributed by atoms with E-state index in [9.17, 15) is 15.2 Å². The van der Waals surface area contributed by atoms with Crippen LogP contribution in [-0.4, -0.2) is 40.3 Å².